The summed E-state index contributed by atoms with van der Waals surface area (Å²) < 4.78 is 13.7. The fourth-order valence-electron chi connectivity index (χ4n) is 2.40. The standard InChI is InChI=1S/C19H19Cl2FN2O2/c1-13(25)24(11-15-4-2-3-5-18(15)22)12-19(26)23-9-8-14-6-7-16(20)10-17(14)21/h2-7,10H,8-9,11-12H2,1H3,(H,23,26). The molecule has 0 fully saturated rings. The molecule has 26 heavy (non-hydrogen) atoms. The molecule has 2 rings (SSSR count). The Balaban J connectivity index is 1.87. The van der Waals surface area contributed by atoms with Crippen molar-refractivity contribution in [2.45, 2.75) is 19.9 Å². The van der Waals surface area contributed by atoms with Gasteiger partial charge in [0.05, 0.1) is 6.54 Å². The average Bonchev–Trinajstić information content (AvgIpc) is 2.58. The van der Waals surface area contributed by atoms with Crippen LogP contribution in [-0.4, -0.2) is 29.8 Å². The third kappa shape index (κ3) is 6.00. The molecule has 1 N–H and O–H groups in total. The zero-order valence-electron chi connectivity index (χ0n) is 14.3. The molecule has 0 spiro atoms. The van der Waals surface area contributed by atoms with Crippen LogP contribution < -0.4 is 5.32 Å². The van der Waals surface area contributed by atoms with E-state index in [0.29, 0.717) is 28.6 Å². The molecule has 7 heteroatoms. The minimum atomic E-state index is -0.406. The molecule has 0 unspecified atom stereocenters. The zero-order valence-corrected chi connectivity index (χ0v) is 15.8. The Morgan fingerprint density at radius 2 is 1.85 bits per heavy atom. The van der Waals surface area contributed by atoms with Crippen molar-refractivity contribution in [3.05, 3.63) is 69.5 Å². The van der Waals surface area contributed by atoms with Crippen LogP contribution in [0.4, 0.5) is 4.39 Å². The van der Waals surface area contributed by atoms with E-state index >= 15 is 0 Å². The molecule has 0 aromatic heterocycles. The summed E-state index contributed by atoms with van der Waals surface area (Å²) in [5.74, 6) is -1.03. The topological polar surface area (TPSA) is 49.4 Å². The molecule has 4 nitrogen and oxygen atoms in total. The molecule has 2 aromatic carbocycles. The molecule has 0 radical (unpaired) electrons. The molecular weight excluding hydrogens is 378 g/mol. The Bertz CT molecular complexity index is 799. The molecule has 0 aliphatic carbocycles. The number of halogens is 3. The largest absolute Gasteiger partial charge is 0.354 e. The Hall–Kier alpha value is -2.11. The quantitative estimate of drug-likeness (QED) is 0.772. The summed E-state index contributed by atoms with van der Waals surface area (Å²) in [7, 11) is 0. The number of amides is 2. The number of benzene rings is 2. The second kappa shape index (κ2) is 9.55. The predicted octanol–water partition coefficient (Wildman–Crippen LogP) is 3.84. The number of hydrogen-bond acceptors (Lipinski definition) is 2. The van der Waals surface area contributed by atoms with Crippen molar-refractivity contribution in [3.8, 4) is 0 Å². The molecule has 2 aromatic rings. The first-order valence-electron chi connectivity index (χ1n) is 8.06. The van der Waals surface area contributed by atoms with Crippen molar-refractivity contribution in [1.29, 1.82) is 0 Å². The number of nitrogens with zero attached hydrogens (tertiary/aromatic N) is 1. The minimum Gasteiger partial charge on any atom is -0.354 e. The van der Waals surface area contributed by atoms with Gasteiger partial charge >= 0.3 is 0 Å². The molecule has 0 bridgehead atoms. The third-order valence-corrected chi connectivity index (χ3v) is 4.42. The van der Waals surface area contributed by atoms with Gasteiger partial charge in [-0.15, -0.1) is 0 Å². The number of nitrogens with one attached hydrogen (secondary N) is 1. The Morgan fingerprint density at radius 3 is 2.50 bits per heavy atom. The fraction of sp³-hybridized carbons (Fsp3) is 0.263. The summed E-state index contributed by atoms with van der Waals surface area (Å²) >= 11 is 11.9. The van der Waals surface area contributed by atoms with Crippen molar-refractivity contribution < 1.29 is 14.0 Å². The maximum atomic E-state index is 13.7. The Labute approximate surface area is 161 Å². The normalized spacial score (nSPS) is 10.5. The monoisotopic (exact) mass is 396 g/mol. The van der Waals surface area contributed by atoms with E-state index in [2.05, 4.69) is 5.32 Å². The minimum absolute atomic E-state index is 0.0401. The second-order valence-electron chi connectivity index (χ2n) is 5.80. The van der Waals surface area contributed by atoms with E-state index in [9.17, 15) is 14.0 Å². The van der Waals surface area contributed by atoms with Crippen LogP contribution in [0.25, 0.3) is 0 Å². The van der Waals surface area contributed by atoms with Gasteiger partial charge in [-0.3, -0.25) is 9.59 Å². The smallest absolute Gasteiger partial charge is 0.239 e. The van der Waals surface area contributed by atoms with E-state index < -0.39 is 5.82 Å². The van der Waals surface area contributed by atoms with Gasteiger partial charge in [-0.2, -0.15) is 0 Å². The van der Waals surface area contributed by atoms with Crippen molar-refractivity contribution >= 4 is 35.0 Å². The van der Waals surface area contributed by atoms with Crippen LogP contribution in [0.3, 0.4) is 0 Å². The maximum Gasteiger partial charge on any atom is 0.239 e. The van der Waals surface area contributed by atoms with Gasteiger partial charge in [0.15, 0.2) is 0 Å². The first-order valence-corrected chi connectivity index (χ1v) is 8.82. The van der Waals surface area contributed by atoms with Crippen molar-refractivity contribution in [2.75, 3.05) is 13.1 Å². The van der Waals surface area contributed by atoms with Crippen LogP contribution in [0.2, 0.25) is 10.0 Å². The lowest BCUT2D eigenvalue weighted by atomic mass is 10.1. The maximum absolute atomic E-state index is 13.7. The van der Waals surface area contributed by atoms with Gasteiger partial charge in [0.25, 0.3) is 0 Å². The van der Waals surface area contributed by atoms with Gasteiger partial charge in [-0.05, 0) is 30.2 Å². The van der Waals surface area contributed by atoms with Crippen LogP contribution in [0, 0.1) is 5.82 Å². The van der Waals surface area contributed by atoms with Crippen molar-refractivity contribution in [1.82, 2.24) is 10.2 Å². The summed E-state index contributed by atoms with van der Waals surface area (Å²) in [6, 6.07) is 11.4. The van der Waals surface area contributed by atoms with E-state index in [4.69, 9.17) is 23.2 Å². The van der Waals surface area contributed by atoms with Crippen LogP contribution >= 0.6 is 23.2 Å². The zero-order chi connectivity index (χ0) is 19.1. The van der Waals surface area contributed by atoms with E-state index in [1.165, 1.54) is 17.9 Å². The molecule has 0 saturated carbocycles. The van der Waals surface area contributed by atoms with Gasteiger partial charge in [-0.25, -0.2) is 4.39 Å². The van der Waals surface area contributed by atoms with Gasteiger partial charge in [0.1, 0.15) is 5.82 Å². The van der Waals surface area contributed by atoms with Crippen molar-refractivity contribution in [2.24, 2.45) is 0 Å². The third-order valence-electron chi connectivity index (χ3n) is 3.83. The van der Waals surface area contributed by atoms with Crippen LogP contribution in [-0.2, 0) is 22.6 Å². The highest BCUT2D eigenvalue weighted by Crippen LogP contribution is 2.21. The summed E-state index contributed by atoms with van der Waals surface area (Å²) in [5, 5.41) is 3.83. The summed E-state index contributed by atoms with van der Waals surface area (Å²) in [4.78, 5) is 25.2. The summed E-state index contributed by atoms with van der Waals surface area (Å²) in [6.45, 7) is 1.61. The van der Waals surface area contributed by atoms with E-state index in [1.54, 1.807) is 36.4 Å². The van der Waals surface area contributed by atoms with E-state index in [-0.39, 0.29) is 24.9 Å². The van der Waals surface area contributed by atoms with E-state index in [1.807, 2.05) is 0 Å². The molecule has 0 aliphatic rings. The molecule has 0 saturated heterocycles. The Morgan fingerprint density at radius 1 is 1.12 bits per heavy atom. The predicted molar refractivity (Wildman–Crippen MR) is 101 cm³/mol. The van der Waals surface area contributed by atoms with Crippen LogP contribution in [0.5, 0.6) is 0 Å². The fourth-order valence-corrected chi connectivity index (χ4v) is 2.90. The van der Waals surface area contributed by atoms with Gasteiger partial charge in [0, 0.05) is 35.6 Å². The molecule has 0 aliphatic heterocycles. The molecule has 0 atom stereocenters. The SMILES string of the molecule is CC(=O)N(CC(=O)NCCc1ccc(Cl)cc1Cl)Cc1ccccc1F. The van der Waals surface area contributed by atoms with Gasteiger partial charge in [-0.1, -0.05) is 47.5 Å². The number of carbonyl (C=O) groups excluding carboxylic acids is 2. The van der Waals surface area contributed by atoms with Crippen LogP contribution in [0.1, 0.15) is 18.1 Å². The van der Waals surface area contributed by atoms with Crippen LogP contribution in [0.15, 0.2) is 42.5 Å². The molecular formula is C19H19Cl2FN2O2. The highest BCUT2D eigenvalue weighted by atomic mass is 35.5. The first kappa shape index (κ1) is 20.2. The molecule has 2 amide bonds. The van der Waals surface area contributed by atoms with Gasteiger partial charge < -0.3 is 10.2 Å². The lowest BCUT2D eigenvalue weighted by Gasteiger charge is -2.21. The van der Waals surface area contributed by atoms with Crippen molar-refractivity contribution in [3.63, 3.8) is 0 Å². The lowest BCUT2D eigenvalue weighted by molar-refractivity contribution is -0.134. The molecule has 138 valence electrons. The number of carbonyl (C=O) groups is 2. The average molecular weight is 397 g/mol. The lowest BCUT2D eigenvalue weighted by Crippen LogP contribution is -2.40. The number of rotatable bonds is 7. The summed E-state index contributed by atoms with van der Waals surface area (Å²) in [5.41, 5.74) is 1.23. The Kier molecular flexibility index (Phi) is 7.42. The highest BCUT2D eigenvalue weighted by Gasteiger charge is 2.15. The highest BCUT2D eigenvalue weighted by molar-refractivity contribution is 6.35. The van der Waals surface area contributed by atoms with E-state index in [0.717, 1.165) is 5.56 Å². The van der Waals surface area contributed by atoms with Gasteiger partial charge in [0.2, 0.25) is 11.8 Å². The summed E-state index contributed by atoms with van der Waals surface area (Å²) in [6.07, 6.45) is 0.537. The number of hydrogen-bond donors (Lipinski definition) is 1. The molecule has 0 heterocycles. The second-order valence-corrected chi connectivity index (χ2v) is 6.65. The first-order chi connectivity index (χ1) is 12.4.